The van der Waals surface area contributed by atoms with Crippen LogP contribution in [0.2, 0.25) is 0 Å². The van der Waals surface area contributed by atoms with Crippen LogP contribution in [0, 0.1) is 0 Å². The van der Waals surface area contributed by atoms with Crippen molar-refractivity contribution in [1.82, 2.24) is 0 Å². The highest BCUT2D eigenvalue weighted by Gasteiger charge is 1.76. The van der Waals surface area contributed by atoms with E-state index in [9.17, 15) is 4.79 Å². The van der Waals surface area contributed by atoms with Crippen molar-refractivity contribution in [3.8, 4) is 0 Å². The molecule has 0 saturated heterocycles. The summed E-state index contributed by atoms with van der Waals surface area (Å²) in [7, 11) is 0. The molecule has 0 aromatic rings. The first kappa shape index (κ1) is 12.9. The van der Waals surface area contributed by atoms with Crippen LogP contribution in [0.15, 0.2) is 10.0 Å². The number of carbonyl (C=O) groups is 1. The van der Waals surface area contributed by atoms with Gasteiger partial charge in [0.05, 0.1) is 0 Å². The van der Waals surface area contributed by atoms with E-state index in [0.29, 0.717) is 6.42 Å². The molecular formula is C6H9Cl3O. The maximum absolute atomic E-state index is 9.81. The van der Waals surface area contributed by atoms with Gasteiger partial charge in [-0.3, -0.25) is 0 Å². The summed E-state index contributed by atoms with van der Waals surface area (Å²) in [6.07, 6.45) is 0.667. The summed E-state index contributed by atoms with van der Waals surface area (Å²) in [5.74, 6) is 0.255. The number of hydrogen-bond acceptors (Lipinski definition) is 1. The molecule has 0 unspecified atom stereocenters. The number of hydrogen-bond donors (Lipinski definition) is 0. The zero-order valence-electron chi connectivity index (χ0n) is 5.83. The van der Waals surface area contributed by atoms with Crippen LogP contribution in [-0.4, -0.2) is 5.78 Å². The summed E-state index contributed by atoms with van der Waals surface area (Å²) in [6, 6.07) is 0. The Morgan fingerprint density at radius 1 is 1.50 bits per heavy atom. The Morgan fingerprint density at radius 2 is 1.70 bits per heavy atom. The van der Waals surface area contributed by atoms with Gasteiger partial charge in [-0.2, -0.15) is 0 Å². The Bertz CT molecular complexity index is 116. The molecule has 0 rings (SSSR count). The van der Waals surface area contributed by atoms with Gasteiger partial charge in [-0.05, 0) is 6.92 Å². The number of rotatable bonds is 1. The van der Waals surface area contributed by atoms with Gasteiger partial charge in [-0.15, -0.1) is 0 Å². The molecule has 60 valence electrons. The number of carbonyl (C=O) groups excluding carboxylic acids is 1. The van der Waals surface area contributed by atoms with Gasteiger partial charge < -0.3 is 4.79 Å². The third kappa shape index (κ3) is 24.0. The first-order valence-corrected chi connectivity index (χ1v) is 3.84. The van der Waals surface area contributed by atoms with Gasteiger partial charge in [0.2, 0.25) is 0 Å². The van der Waals surface area contributed by atoms with E-state index in [2.05, 4.69) is 0 Å². The molecule has 0 atom stereocenters. The molecule has 0 aromatic heterocycles. The Morgan fingerprint density at radius 3 is 1.70 bits per heavy atom. The van der Waals surface area contributed by atoms with Gasteiger partial charge in [0.15, 0.2) is 0 Å². The Hall–Kier alpha value is 0.280. The fourth-order valence-corrected chi connectivity index (χ4v) is 0. The SMILES string of the molecule is CCC(C)=O.ClC=C(Cl)Cl. The lowest BCUT2D eigenvalue weighted by Gasteiger charge is -1.71. The minimum atomic E-state index is 0.0895. The van der Waals surface area contributed by atoms with Crippen molar-refractivity contribution in [2.75, 3.05) is 0 Å². The molecule has 4 heteroatoms. The van der Waals surface area contributed by atoms with Crippen molar-refractivity contribution in [3.63, 3.8) is 0 Å². The monoisotopic (exact) mass is 202 g/mol. The van der Waals surface area contributed by atoms with Crippen molar-refractivity contribution < 1.29 is 4.79 Å². The van der Waals surface area contributed by atoms with Crippen molar-refractivity contribution >= 4 is 40.6 Å². The maximum atomic E-state index is 9.81. The third-order valence-corrected chi connectivity index (χ3v) is 1.24. The molecule has 0 heterocycles. The summed E-state index contributed by atoms with van der Waals surface area (Å²) in [5, 5.41) is 0. The molecule has 0 saturated carbocycles. The topological polar surface area (TPSA) is 17.1 Å². The Kier molecular flexibility index (Phi) is 12.0. The highest BCUT2D eigenvalue weighted by Crippen LogP contribution is 2.05. The molecular weight excluding hydrogens is 194 g/mol. The number of halogens is 3. The summed E-state index contributed by atoms with van der Waals surface area (Å²) in [6.45, 7) is 3.43. The Labute approximate surface area is 76.0 Å². The van der Waals surface area contributed by atoms with Gasteiger partial charge in [0.1, 0.15) is 10.3 Å². The molecule has 0 amide bonds. The fourth-order valence-electron chi connectivity index (χ4n) is 0. The average molecular weight is 203 g/mol. The van der Waals surface area contributed by atoms with Crippen molar-refractivity contribution in [1.29, 1.82) is 0 Å². The molecule has 0 spiro atoms. The maximum Gasteiger partial charge on any atom is 0.129 e. The van der Waals surface area contributed by atoms with Gasteiger partial charge in [-0.25, -0.2) is 0 Å². The predicted octanol–water partition coefficient (Wildman–Crippen LogP) is 3.49. The van der Waals surface area contributed by atoms with Crippen LogP contribution < -0.4 is 0 Å². The fraction of sp³-hybridized carbons (Fsp3) is 0.500. The first-order valence-electron chi connectivity index (χ1n) is 2.65. The molecule has 0 bridgehead atoms. The molecule has 0 N–H and O–H groups in total. The molecule has 0 aromatic carbocycles. The molecule has 10 heavy (non-hydrogen) atoms. The quantitative estimate of drug-likeness (QED) is 0.638. The molecule has 0 aliphatic rings. The van der Waals surface area contributed by atoms with E-state index in [4.69, 9.17) is 34.8 Å². The van der Waals surface area contributed by atoms with Crippen LogP contribution >= 0.6 is 34.8 Å². The summed E-state index contributed by atoms with van der Waals surface area (Å²) in [4.78, 5) is 9.81. The Balaban J connectivity index is 0. The number of ketones is 1. The second-order valence-corrected chi connectivity index (χ2v) is 2.68. The average Bonchev–Trinajstić information content (AvgIpc) is 1.89. The van der Waals surface area contributed by atoms with Crippen molar-refractivity contribution in [3.05, 3.63) is 10.0 Å². The van der Waals surface area contributed by atoms with Crippen LogP contribution in [0.1, 0.15) is 20.3 Å². The van der Waals surface area contributed by atoms with Crippen LogP contribution in [0.5, 0.6) is 0 Å². The van der Waals surface area contributed by atoms with Crippen LogP contribution in [0.4, 0.5) is 0 Å². The minimum Gasteiger partial charge on any atom is -0.300 e. The second-order valence-electron chi connectivity index (χ2n) is 1.45. The molecule has 0 fully saturated rings. The molecule has 0 radical (unpaired) electrons. The largest absolute Gasteiger partial charge is 0.300 e. The molecule has 1 nitrogen and oxygen atoms in total. The smallest absolute Gasteiger partial charge is 0.129 e. The van der Waals surface area contributed by atoms with Gasteiger partial charge in [0.25, 0.3) is 0 Å². The zero-order chi connectivity index (χ0) is 8.57. The van der Waals surface area contributed by atoms with E-state index in [1.807, 2.05) is 6.92 Å². The normalized spacial score (nSPS) is 7.30. The summed E-state index contributed by atoms with van der Waals surface area (Å²) < 4.78 is 0.0895. The van der Waals surface area contributed by atoms with E-state index in [-0.39, 0.29) is 10.3 Å². The molecule has 0 aliphatic heterocycles. The van der Waals surface area contributed by atoms with E-state index in [0.717, 1.165) is 5.54 Å². The number of Topliss-reactive ketones (excluding diaryl/α,β-unsaturated/α-hetero) is 1. The minimum absolute atomic E-state index is 0.0895. The standard InChI is InChI=1S/C4H8O.C2HCl3/c1-3-4(2)5;3-1-2(4)5/h3H2,1-2H3;1H. The van der Waals surface area contributed by atoms with Gasteiger partial charge in [0, 0.05) is 12.0 Å². The van der Waals surface area contributed by atoms with E-state index in [1.54, 1.807) is 6.92 Å². The van der Waals surface area contributed by atoms with Crippen molar-refractivity contribution in [2.45, 2.75) is 20.3 Å². The zero-order valence-corrected chi connectivity index (χ0v) is 8.09. The summed E-state index contributed by atoms with van der Waals surface area (Å²) in [5.41, 5.74) is 1.09. The van der Waals surface area contributed by atoms with Crippen molar-refractivity contribution in [2.24, 2.45) is 0 Å². The predicted molar refractivity (Wildman–Crippen MR) is 46.6 cm³/mol. The first-order chi connectivity index (χ1) is 4.54. The van der Waals surface area contributed by atoms with Crippen LogP contribution in [0.25, 0.3) is 0 Å². The van der Waals surface area contributed by atoms with Gasteiger partial charge >= 0.3 is 0 Å². The highest BCUT2D eigenvalue weighted by atomic mass is 35.5. The van der Waals surface area contributed by atoms with Crippen LogP contribution in [-0.2, 0) is 4.79 Å². The van der Waals surface area contributed by atoms with E-state index >= 15 is 0 Å². The second kappa shape index (κ2) is 9.28. The molecule has 0 aliphatic carbocycles. The third-order valence-electron chi connectivity index (χ3n) is 0.580. The summed E-state index contributed by atoms with van der Waals surface area (Å²) >= 11 is 14.8. The van der Waals surface area contributed by atoms with E-state index < -0.39 is 0 Å². The lowest BCUT2D eigenvalue weighted by molar-refractivity contribution is -0.116. The van der Waals surface area contributed by atoms with E-state index in [1.165, 1.54) is 0 Å². The lowest BCUT2D eigenvalue weighted by Crippen LogP contribution is -1.80. The highest BCUT2D eigenvalue weighted by molar-refractivity contribution is 6.58. The van der Waals surface area contributed by atoms with Crippen LogP contribution in [0.3, 0.4) is 0 Å². The van der Waals surface area contributed by atoms with Gasteiger partial charge in [-0.1, -0.05) is 41.7 Å². The lowest BCUT2D eigenvalue weighted by atomic mass is 10.4.